The standard InChI is InChI=1S/C20H25FO2/c1-6-13-7-9-15(17(11-13)19(22)20(2,3)4)16-12-14(23-5)8-10-18(16)21/h7-12,19,22H,6H2,1-5H3. The van der Waals surface area contributed by atoms with Gasteiger partial charge in [-0.1, -0.05) is 45.9 Å². The lowest BCUT2D eigenvalue weighted by atomic mass is 9.81. The molecule has 2 aromatic rings. The van der Waals surface area contributed by atoms with Crippen molar-refractivity contribution in [1.82, 2.24) is 0 Å². The van der Waals surface area contributed by atoms with Crippen molar-refractivity contribution in [3.05, 3.63) is 53.3 Å². The number of ether oxygens (including phenoxy) is 1. The highest BCUT2D eigenvalue weighted by molar-refractivity contribution is 5.70. The van der Waals surface area contributed by atoms with Gasteiger partial charge in [-0.15, -0.1) is 0 Å². The van der Waals surface area contributed by atoms with E-state index in [4.69, 9.17) is 4.74 Å². The largest absolute Gasteiger partial charge is 0.497 e. The van der Waals surface area contributed by atoms with E-state index in [1.807, 2.05) is 39.0 Å². The molecule has 0 spiro atoms. The van der Waals surface area contributed by atoms with Crippen molar-refractivity contribution in [2.75, 3.05) is 7.11 Å². The fourth-order valence-corrected chi connectivity index (χ4v) is 2.61. The Morgan fingerprint density at radius 2 is 1.78 bits per heavy atom. The molecule has 0 saturated heterocycles. The van der Waals surface area contributed by atoms with Gasteiger partial charge in [0.15, 0.2) is 0 Å². The molecule has 0 fully saturated rings. The molecule has 2 aromatic carbocycles. The molecule has 2 rings (SSSR count). The summed E-state index contributed by atoms with van der Waals surface area (Å²) in [5.41, 5.74) is 2.70. The van der Waals surface area contributed by atoms with Crippen LogP contribution in [0.3, 0.4) is 0 Å². The molecule has 23 heavy (non-hydrogen) atoms. The summed E-state index contributed by atoms with van der Waals surface area (Å²) >= 11 is 0. The van der Waals surface area contributed by atoms with E-state index in [-0.39, 0.29) is 11.2 Å². The smallest absolute Gasteiger partial charge is 0.131 e. The number of aliphatic hydroxyl groups excluding tert-OH is 1. The van der Waals surface area contributed by atoms with Gasteiger partial charge in [0.25, 0.3) is 0 Å². The van der Waals surface area contributed by atoms with Crippen molar-refractivity contribution in [3.63, 3.8) is 0 Å². The first-order valence-corrected chi connectivity index (χ1v) is 7.92. The second-order valence-corrected chi connectivity index (χ2v) is 6.89. The van der Waals surface area contributed by atoms with Crippen LogP contribution in [0.5, 0.6) is 5.75 Å². The molecular formula is C20H25FO2. The van der Waals surface area contributed by atoms with Gasteiger partial charge in [0.1, 0.15) is 11.6 Å². The summed E-state index contributed by atoms with van der Waals surface area (Å²) in [7, 11) is 1.56. The van der Waals surface area contributed by atoms with Crippen LogP contribution in [0.15, 0.2) is 36.4 Å². The molecule has 124 valence electrons. The number of rotatable bonds is 4. The Kier molecular flexibility index (Phi) is 5.10. The van der Waals surface area contributed by atoms with Crippen LogP contribution in [0.2, 0.25) is 0 Å². The normalized spacial score (nSPS) is 13.0. The lowest BCUT2D eigenvalue weighted by Crippen LogP contribution is -2.19. The summed E-state index contributed by atoms with van der Waals surface area (Å²) in [6.07, 6.45) is 0.180. The maximum absolute atomic E-state index is 14.4. The van der Waals surface area contributed by atoms with Crippen molar-refractivity contribution in [3.8, 4) is 16.9 Å². The Hall–Kier alpha value is -1.87. The number of halogens is 1. The predicted octanol–water partition coefficient (Wildman–Crippen LogP) is 5.14. The Labute approximate surface area is 137 Å². The summed E-state index contributed by atoms with van der Waals surface area (Å²) in [6, 6.07) is 10.5. The number of hydrogen-bond donors (Lipinski definition) is 1. The highest BCUT2D eigenvalue weighted by atomic mass is 19.1. The molecular weight excluding hydrogens is 291 g/mol. The van der Waals surface area contributed by atoms with Gasteiger partial charge in [0.2, 0.25) is 0 Å². The van der Waals surface area contributed by atoms with Crippen molar-refractivity contribution in [1.29, 1.82) is 0 Å². The van der Waals surface area contributed by atoms with Crippen LogP contribution in [-0.2, 0) is 6.42 Å². The van der Waals surface area contributed by atoms with Gasteiger partial charge in [-0.2, -0.15) is 0 Å². The molecule has 1 N–H and O–H groups in total. The molecule has 1 unspecified atom stereocenters. The third kappa shape index (κ3) is 3.73. The number of benzene rings is 2. The Morgan fingerprint density at radius 1 is 1.09 bits per heavy atom. The third-order valence-electron chi connectivity index (χ3n) is 4.10. The minimum Gasteiger partial charge on any atom is -0.497 e. The van der Waals surface area contributed by atoms with Gasteiger partial charge < -0.3 is 9.84 Å². The van der Waals surface area contributed by atoms with Gasteiger partial charge in [0.05, 0.1) is 13.2 Å². The third-order valence-corrected chi connectivity index (χ3v) is 4.10. The molecule has 2 nitrogen and oxygen atoms in total. The summed E-state index contributed by atoms with van der Waals surface area (Å²) in [5, 5.41) is 10.8. The number of methoxy groups -OCH3 is 1. The van der Waals surface area contributed by atoms with Crippen molar-refractivity contribution >= 4 is 0 Å². The van der Waals surface area contributed by atoms with E-state index >= 15 is 0 Å². The second-order valence-electron chi connectivity index (χ2n) is 6.89. The lowest BCUT2D eigenvalue weighted by molar-refractivity contribution is 0.0631. The van der Waals surface area contributed by atoms with Crippen LogP contribution in [0.4, 0.5) is 4.39 Å². The molecule has 3 heteroatoms. The maximum atomic E-state index is 14.4. The molecule has 0 aliphatic heterocycles. The topological polar surface area (TPSA) is 29.5 Å². The average molecular weight is 316 g/mol. The Morgan fingerprint density at radius 3 is 2.35 bits per heavy atom. The maximum Gasteiger partial charge on any atom is 0.131 e. The zero-order valence-electron chi connectivity index (χ0n) is 14.5. The van der Waals surface area contributed by atoms with E-state index in [0.29, 0.717) is 16.9 Å². The molecule has 0 bridgehead atoms. The van der Waals surface area contributed by atoms with Crippen LogP contribution >= 0.6 is 0 Å². The highest BCUT2D eigenvalue weighted by Crippen LogP contribution is 2.40. The second kappa shape index (κ2) is 6.71. The van der Waals surface area contributed by atoms with E-state index in [0.717, 1.165) is 17.5 Å². The first-order valence-electron chi connectivity index (χ1n) is 7.92. The van der Waals surface area contributed by atoms with Gasteiger partial charge in [-0.3, -0.25) is 0 Å². The monoisotopic (exact) mass is 316 g/mol. The zero-order valence-corrected chi connectivity index (χ0v) is 14.5. The Balaban J connectivity index is 2.67. The molecule has 0 aliphatic rings. The van der Waals surface area contributed by atoms with Gasteiger partial charge >= 0.3 is 0 Å². The minimum atomic E-state index is -0.686. The quantitative estimate of drug-likeness (QED) is 0.846. The molecule has 0 saturated carbocycles. The SMILES string of the molecule is CCc1ccc(-c2cc(OC)ccc2F)c(C(O)C(C)(C)C)c1. The molecule has 0 aliphatic carbocycles. The highest BCUT2D eigenvalue weighted by Gasteiger charge is 2.27. The molecule has 0 heterocycles. The summed E-state index contributed by atoms with van der Waals surface area (Å²) < 4.78 is 19.6. The van der Waals surface area contributed by atoms with E-state index in [1.54, 1.807) is 19.2 Å². The summed E-state index contributed by atoms with van der Waals surface area (Å²) in [5.74, 6) is 0.273. The summed E-state index contributed by atoms with van der Waals surface area (Å²) in [6.45, 7) is 7.99. The van der Waals surface area contributed by atoms with Crippen molar-refractivity contribution in [2.24, 2.45) is 5.41 Å². The first-order chi connectivity index (χ1) is 10.8. The average Bonchev–Trinajstić information content (AvgIpc) is 2.53. The van der Waals surface area contributed by atoms with Crippen LogP contribution in [0.1, 0.15) is 44.9 Å². The lowest BCUT2D eigenvalue weighted by Gasteiger charge is -2.28. The number of hydrogen-bond acceptors (Lipinski definition) is 2. The number of aryl methyl sites for hydroxylation is 1. The van der Waals surface area contributed by atoms with Crippen molar-refractivity contribution < 1.29 is 14.2 Å². The first kappa shape index (κ1) is 17.5. The molecule has 0 amide bonds. The van der Waals surface area contributed by atoms with Crippen LogP contribution < -0.4 is 4.74 Å². The fraction of sp³-hybridized carbons (Fsp3) is 0.400. The Bertz CT molecular complexity index is 687. The van der Waals surface area contributed by atoms with Crippen molar-refractivity contribution in [2.45, 2.75) is 40.2 Å². The number of aliphatic hydroxyl groups is 1. The van der Waals surface area contributed by atoms with Gasteiger partial charge in [-0.25, -0.2) is 4.39 Å². The van der Waals surface area contributed by atoms with E-state index < -0.39 is 6.10 Å². The minimum absolute atomic E-state index is 0.322. The van der Waals surface area contributed by atoms with Crippen LogP contribution in [0, 0.1) is 11.2 Å². The predicted molar refractivity (Wildman–Crippen MR) is 92.2 cm³/mol. The van der Waals surface area contributed by atoms with Crippen LogP contribution in [0.25, 0.3) is 11.1 Å². The van der Waals surface area contributed by atoms with Crippen LogP contribution in [-0.4, -0.2) is 12.2 Å². The summed E-state index contributed by atoms with van der Waals surface area (Å²) in [4.78, 5) is 0. The zero-order chi connectivity index (χ0) is 17.2. The van der Waals surface area contributed by atoms with E-state index in [1.165, 1.54) is 6.07 Å². The van der Waals surface area contributed by atoms with Gasteiger partial charge in [-0.05, 0) is 46.7 Å². The van der Waals surface area contributed by atoms with E-state index in [9.17, 15) is 9.50 Å². The molecule has 0 radical (unpaired) electrons. The van der Waals surface area contributed by atoms with E-state index in [2.05, 4.69) is 6.92 Å². The fourth-order valence-electron chi connectivity index (χ4n) is 2.61. The molecule has 1 atom stereocenters. The van der Waals surface area contributed by atoms with Gasteiger partial charge in [0, 0.05) is 5.56 Å². The molecule has 0 aromatic heterocycles.